The maximum Gasteiger partial charge on any atom is 0.227 e. The Morgan fingerprint density at radius 1 is 1.09 bits per heavy atom. The number of ether oxygens (including phenoxy) is 2. The third-order valence-electron chi connectivity index (χ3n) is 5.76. The molecular formula is C26H34N3O4. The van der Waals surface area contributed by atoms with E-state index in [1.54, 1.807) is 13.3 Å². The van der Waals surface area contributed by atoms with Crippen LogP contribution in [0.5, 0.6) is 5.75 Å². The van der Waals surface area contributed by atoms with Crippen molar-refractivity contribution in [3.05, 3.63) is 72.1 Å². The van der Waals surface area contributed by atoms with E-state index in [1.807, 2.05) is 59.5 Å². The lowest BCUT2D eigenvalue weighted by Gasteiger charge is -2.33. The molecule has 33 heavy (non-hydrogen) atoms. The van der Waals surface area contributed by atoms with Crippen molar-refractivity contribution in [3.63, 3.8) is 0 Å². The number of amides is 2. The van der Waals surface area contributed by atoms with Gasteiger partial charge in [0.25, 0.3) is 0 Å². The quantitative estimate of drug-likeness (QED) is 0.535. The minimum atomic E-state index is -0.395. The molecule has 1 atom stereocenters. The molecule has 2 aromatic carbocycles. The van der Waals surface area contributed by atoms with Crippen molar-refractivity contribution in [1.82, 2.24) is 9.80 Å². The zero-order chi connectivity index (χ0) is 23.5. The summed E-state index contributed by atoms with van der Waals surface area (Å²) in [5, 5.41) is 0. The second-order valence-electron chi connectivity index (χ2n) is 8.38. The summed E-state index contributed by atoms with van der Waals surface area (Å²) in [6.45, 7) is 6.35. The highest BCUT2D eigenvalue weighted by molar-refractivity contribution is 5.86. The van der Waals surface area contributed by atoms with Gasteiger partial charge in [-0.05, 0) is 36.1 Å². The molecule has 1 aliphatic rings. The Morgan fingerprint density at radius 3 is 2.45 bits per heavy atom. The SMILES string of the molecule is CC(C[CH]C(=O)N(CCc1ccc(OCc2ccccc2)cc1)CN1CCOCC1)C(N)=O. The fourth-order valence-electron chi connectivity index (χ4n) is 3.51. The van der Waals surface area contributed by atoms with Crippen LogP contribution < -0.4 is 10.5 Å². The summed E-state index contributed by atoms with van der Waals surface area (Å²) >= 11 is 0. The standard InChI is InChI=1S/C26H34N3O4/c1-21(26(27)31)7-12-25(30)29(20-28-15-17-32-18-16-28)14-13-22-8-10-24(11-9-22)33-19-23-5-3-2-4-6-23/h2-6,8-12,21H,7,13-20H2,1H3,(H2,27,31). The van der Waals surface area contributed by atoms with E-state index >= 15 is 0 Å². The van der Waals surface area contributed by atoms with Crippen LogP contribution in [0.1, 0.15) is 24.5 Å². The highest BCUT2D eigenvalue weighted by atomic mass is 16.5. The van der Waals surface area contributed by atoms with Crippen molar-refractivity contribution in [2.45, 2.75) is 26.4 Å². The van der Waals surface area contributed by atoms with Crippen molar-refractivity contribution in [2.24, 2.45) is 11.7 Å². The van der Waals surface area contributed by atoms with Gasteiger partial charge in [-0.3, -0.25) is 14.5 Å². The van der Waals surface area contributed by atoms with Crippen molar-refractivity contribution in [1.29, 1.82) is 0 Å². The molecule has 177 valence electrons. The van der Waals surface area contributed by atoms with E-state index in [-0.39, 0.29) is 11.8 Å². The number of nitrogens with two attached hydrogens (primary N) is 1. The number of carbonyl (C=O) groups is 2. The molecule has 2 amide bonds. The van der Waals surface area contributed by atoms with Crippen LogP contribution in [-0.2, 0) is 27.4 Å². The summed E-state index contributed by atoms with van der Waals surface area (Å²) < 4.78 is 11.3. The number of rotatable bonds is 12. The van der Waals surface area contributed by atoms with Gasteiger partial charge in [0, 0.05) is 25.6 Å². The van der Waals surface area contributed by atoms with Gasteiger partial charge in [0.05, 0.1) is 26.3 Å². The lowest BCUT2D eigenvalue weighted by molar-refractivity contribution is -0.131. The minimum Gasteiger partial charge on any atom is -0.489 e. The van der Waals surface area contributed by atoms with E-state index in [1.165, 1.54) is 0 Å². The first-order chi connectivity index (χ1) is 16.0. The molecule has 1 unspecified atom stereocenters. The molecule has 1 radical (unpaired) electrons. The Morgan fingerprint density at radius 2 is 1.79 bits per heavy atom. The molecule has 0 spiro atoms. The van der Waals surface area contributed by atoms with Crippen LogP contribution in [0.2, 0.25) is 0 Å². The third kappa shape index (κ3) is 8.51. The van der Waals surface area contributed by atoms with Crippen molar-refractivity contribution >= 4 is 11.8 Å². The Balaban J connectivity index is 1.53. The topological polar surface area (TPSA) is 85.1 Å². The molecule has 1 fully saturated rings. The van der Waals surface area contributed by atoms with Crippen LogP contribution in [0.3, 0.4) is 0 Å². The predicted octanol–water partition coefficient (Wildman–Crippen LogP) is 2.64. The fraction of sp³-hybridized carbons (Fsp3) is 0.423. The molecule has 2 aromatic rings. The van der Waals surface area contributed by atoms with Crippen molar-refractivity contribution in [3.8, 4) is 5.75 Å². The Kier molecular flexibility index (Phi) is 9.72. The monoisotopic (exact) mass is 452 g/mol. The van der Waals surface area contributed by atoms with Crippen molar-refractivity contribution in [2.75, 3.05) is 39.5 Å². The summed E-state index contributed by atoms with van der Waals surface area (Å²) in [4.78, 5) is 28.2. The highest BCUT2D eigenvalue weighted by Crippen LogP contribution is 2.16. The van der Waals surface area contributed by atoms with Crippen LogP contribution in [0, 0.1) is 12.3 Å². The largest absolute Gasteiger partial charge is 0.489 e. The molecule has 0 aliphatic carbocycles. The van der Waals surface area contributed by atoms with Gasteiger partial charge < -0.3 is 20.1 Å². The van der Waals surface area contributed by atoms with E-state index < -0.39 is 5.91 Å². The number of hydrogen-bond acceptors (Lipinski definition) is 5. The average Bonchev–Trinajstić information content (AvgIpc) is 2.85. The molecule has 7 nitrogen and oxygen atoms in total. The van der Waals surface area contributed by atoms with Gasteiger partial charge >= 0.3 is 0 Å². The highest BCUT2D eigenvalue weighted by Gasteiger charge is 2.21. The van der Waals surface area contributed by atoms with Gasteiger partial charge in [0.15, 0.2) is 0 Å². The molecule has 0 aromatic heterocycles. The lowest BCUT2D eigenvalue weighted by Crippen LogP contribution is -2.47. The fourth-order valence-corrected chi connectivity index (χ4v) is 3.51. The van der Waals surface area contributed by atoms with Crippen molar-refractivity contribution < 1.29 is 19.1 Å². The molecule has 0 bridgehead atoms. The summed E-state index contributed by atoms with van der Waals surface area (Å²) in [7, 11) is 0. The van der Waals surface area contributed by atoms with Crippen LogP contribution in [-0.4, -0.2) is 61.1 Å². The molecule has 0 saturated carbocycles. The number of nitrogens with zero attached hydrogens (tertiary/aromatic N) is 2. The Labute approximate surface area is 196 Å². The van der Waals surface area contributed by atoms with Gasteiger partial charge in [-0.15, -0.1) is 0 Å². The smallest absolute Gasteiger partial charge is 0.227 e. The van der Waals surface area contributed by atoms with E-state index in [0.29, 0.717) is 39.5 Å². The molecule has 7 heteroatoms. The van der Waals surface area contributed by atoms with E-state index in [4.69, 9.17) is 15.2 Å². The minimum absolute atomic E-state index is 0.0718. The van der Waals surface area contributed by atoms with E-state index in [0.717, 1.165) is 36.4 Å². The van der Waals surface area contributed by atoms with Crippen LogP contribution in [0.25, 0.3) is 0 Å². The van der Waals surface area contributed by atoms with E-state index in [9.17, 15) is 9.59 Å². The molecule has 1 saturated heterocycles. The molecule has 1 aliphatic heterocycles. The third-order valence-corrected chi connectivity index (χ3v) is 5.76. The maximum atomic E-state index is 12.9. The van der Waals surface area contributed by atoms with E-state index in [2.05, 4.69) is 4.90 Å². The summed E-state index contributed by atoms with van der Waals surface area (Å²) in [6.07, 6.45) is 2.66. The number of morpholine rings is 1. The molecule has 3 rings (SSSR count). The Bertz CT molecular complexity index is 867. The summed E-state index contributed by atoms with van der Waals surface area (Å²) in [5.41, 5.74) is 7.59. The average molecular weight is 453 g/mol. The summed E-state index contributed by atoms with van der Waals surface area (Å²) in [6, 6.07) is 18.1. The Hall–Kier alpha value is -2.90. The number of primary amides is 1. The number of hydrogen-bond donors (Lipinski definition) is 1. The van der Waals surface area contributed by atoms with Gasteiger partial charge in [-0.1, -0.05) is 49.4 Å². The predicted molar refractivity (Wildman–Crippen MR) is 127 cm³/mol. The number of benzene rings is 2. The maximum absolute atomic E-state index is 12.9. The van der Waals surface area contributed by atoms with Crippen LogP contribution in [0.4, 0.5) is 0 Å². The first-order valence-electron chi connectivity index (χ1n) is 11.5. The second-order valence-corrected chi connectivity index (χ2v) is 8.38. The normalized spacial score (nSPS) is 15.1. The first kappa shape index (κ1) is 24.7. The van der Waals surface area contributed by atoms with Gasteiger partial charge in [0.2, 0.25) is 11.8 Å². The lowest BCUT2D eigenvalue weighted by atomic mass is 10.0. The number of carbonyl (C=O) groups excluding carboxylic acids is 2. The van der Waals surface area contributed by atoms with Crippen LogP contribution in [0.15, 0.2) is 54.6 Å². The molecule has 2 N–H and O–H groups in total. The van der Waals surface area contributed by atoms with Crippen LogP contribution >= 0.6 is 0 Å². The van der Waals surface area contributed by atoms with Gasteiger partial charge in [-0.2, -0.15) is 0 Å². The second kappa shape index (κ2) is 13.0. The first-order valence-corrected chi connectivity index (χ1v) is 11.5. The zero-order valence-electron chi connectivity index (χ0n) is 19.3. The zero-order valence-corrected chi connectivity index (χ0v) is 19.3. The molecular weight excluding hydrogens is 418 g/mol. The van der Waals surface area contributed by atoms with Gasteiger partial charge in [0.1, 0.15) is 12.4 Å². The van der Waals surface area contributed by atoms with Gasteiger partial charge in [-0.25, -0.2) is 0 Å². The summed E-state index contributed by atoms with van der Waals surface area (Å²) in [5.74, 6) is -0.00833. The molecule has 1 heterocycles.